The van der Waals surface area contributed by atoms with Crippen molar-refractivity contribution >= 4 is 15.7 Å². The molecule has 1 amide bonds. The molecule has 0 saturated heterocycles. The summed E-state index contributed by atoms with van der Waals surface area (Å²) in [4.78, 5) is 11.3. The summed E-state index contributed by atoms with van der Waals surface area (Å²) in [5.41, 5.74) is 0.634. The van der Waals surface area contributed by atoms with Gasteiger partial charge in [-0.15, -0.1) is 5.10 Å². The molecule has 8 heteroatoms. The van der Waals surface area contributed by atoms with Crippen molar-refractivity contribution in [3.63, 3.8) is 0 Å². The average molecular weight is 337 g/mol. The van der Waals surface area contributed by atoms with Gasteiger partial charge < -0.3 is 9.73 Å². The molecule has 1 N–H and O–H groups in total. The van der Waals surface area contributed by atoms with E-state index in [9.17, 15) is 13.2 Å². The van der Waals surface area contributed by atoms with E-state index in [1.807, 2.05) is 19.9 Å². The Labute approximate surface area is 135 Å². The van der Waals surface area contributed by atoms with E-state index in [2.05, 4.69) is 15.5 Å². The molecular weight excluding hydrogens is 318 g/mol. The number of rotatable bonds is 6. The Kier molecular flexibility index (Phi) is 5.15. The van der Waals surface area contributed by atoms with Crippen molar-refractivity contribution in [2.24, 2.45) is 5.92 Å². The Bertz CT molecular complexity index is 769. The predicted molar refractivity (Wildman–Crippen MR) is 83.0 cm³/mol. The van der Waals surface area contributed by atoms with Gasteiger partial charge in [0.25, 0.3) is 0 Å². The zero-order chi connectivity index (χ0) is 17.0. The largest absolute Gasteiger partial charge is 0.410 e. The lowest BCUT2D eigenvalue weighted by molar-refractivity contribution is -0.120. The normalized spacial score (nSPS) is 13.0. The van der Waals surface area contributed by atoms with Crippen molar-refractivity contribution < 1.29 is 17.6 Å². The van der Waals surface area contributed by atoms with E-state index >= 15 is 0 Å². The quantitative estimate of drug-likeness (QED) is 0.863. The number of sulfone groups is 1. The van der Waals surface area contributed by atoms with Gasteiger partial charge in [0.2, 0.25) is 21.6 Å². The number of nitrogens with zero attached hydrogens (tertiary/aromatic N) is 2. The monoisotopic (exact) mass is 337 g/mol. The Balaban J connectivity index is 2.25. The molecule has 7 nitrogen and oxygen atoms in total. The van der Waals surface area contributed by atoms with Crippen LogP contribution in [0.2, 0.25) is 0 Å². The van der Waals surface area contributed by atoms with Gasteiger partial charge in [0, 0.05) is 6.92 Å². The van der Waals surface area contributed by atoms with Crippen LogP contribution in [0.5, 0.6) is 0 Å². The SMILES string of the molecule is CC(=O)N[C@H](c1nnc(S(=O)(=O)Cc2ccccc2)o1)C(C)C. The second kappa shape index (κ2) is 6.91. The number of amides is 1. The highest BCUT2D eigenvalue weighted by atomic mass is 32.2. The minimum absolute atomic E-state index is 0.0240. The lowest BCUT2D eigenvalue weighted by Crippen LogP contribution is -2.30. The van der Waals surface area contributed by atoms with Gasteiger partial charge in [0.15, 0.2) is 0 Å². The molecule has 0 saturated carbocycles. The standard InChI is InChI=1S/C15H19N3O4S/c1-10(2)13(16-11(3)19)14-17-18-15(22-14)23(20,21)9-12-7-5-4-6-8-12/h4-8,10,13H,9H2,1-3H3,(H,16,19)/t13-/m0/s1. The zero-order valence-corrected chi connectivity index (χ0v) is 14.0. The van der Waals surface area contributed by atoms with Crippen LogP contribution in [0, 0.1) is 5.92 Å². The molecule has 2 aromatic rings. The number of aromatic nitrogens is 2. The Morgan fingerprint density at radius 3 is 2.43 bits per heavy atom. The number of carbonyl (C=O) groups is 1. The summed E-state index contributed by atoms with van der Waals surface area (Å²) in [5.74, 6) is -0.413. The van der Waals surface area contributed by atoms with Crippen LogP contribution in [0.3, 0.4) is 0 Å². The number of nitrogens with one attached hydrogen (secondary N) is 1. The van der Waals surface area contributed by atoms with Crippen molar-refractivity contribution in [3.05, 3.63) is 41.8 Å². The summed E-state index contributed by atoms with van der Waals surface area (Å²) in [6.07, 6.45) is 0. The van der Waals surface area contributed by atoms with Gasteiger partial charge in [-0.3, -0.25) is 4.79 Å². The van der Waals surface area contributed by atoms with Gasteiger partial charge in [-0.25, -0.2) is 8.42 Å². The predicted octanol–water partition coefficient (Wildman–Crippen LogP) is 1.88. The van der Waals surface area contributed by atoms with Crippen LogP contribution in [0.1, 0.15) is 38.3 Å². The van der Waals surface area contributed by atoms with Crippen LogP contribution in [0.15, 0.2) is 40.0 Å². The summed E-state index contributed by atoms with van der Waals surface area (Å²) in [6.45, 7) is 5.10. The van der Waals surface area contributed by atoms with Crippen molar-refractivity contribution in [1.82, 2.24) is 15.5 Å². The molecular formula is C15H19N3O4S. The Hall–Kier alpha value is -2.22. The Morgan fingerprint density at radius 1 is 1.22 bits per heavy atom. The molecule has 0 unspecified atom stereocenters. The highest BCUT2D eigenvalue weighted by Gasteiger charge is 2.28. The molecule has 23 heavy (non-hydrogen) atoms. The van der Waals surface area contributed by atoms with E-state index in [1.54, 1.807) is 24.3 Å². The first-order valence-electron chi connectivity index (χ1n) is 7.17. The van der Waals surface area contributed by atoms with Gasteiger partial charge in [0.1, 0.15) is 6.04 Å². The molecule has 1 atom stereocenters. The van der Waals surface area contributed by atoms with E-state index in [-0.39, 0.29) is 23.5 Å². The summed E-state index contributed by atoms with van der Waals surface area (Å²) in [7, 11) is -3.73. The van der Waals surface area contributed by atoms with Crippen LogP contribution in [-0.4, -0.2) is 24.5 Å². The van der Waals surface area contributed by atoms with Crippen LogP contribution < -0.4 is 5.32 Å². The highest BCUT2D eigenvalue weighted by Crippen LogP contribution is 2.23. The first-order valence-corrected chi connectivity index (χ1v) is 8.82. The third kappa shape index (κ3) is 4.38. The summed E-state index contributed by atoms with van der Waals surface area (Å²) in [6, 6.07) is 8.22. The molecule has 0 bridgehead atoms. The van der Waals surface area contributed by atoms with Crippen molar-refractivity contribution in [2.45, 2.75) is 37.8 Å². The molecule has 1 heterocycles. The molecule has 1 aromatic carbocycles. The summed E-state index contributed by atoms with van der Waals surface area (Å²) < 4.78 is 30.0. The zero-order valence-electron chi connectivity index (χ0n) is 13.2. The maximum Gasteiger partial charge on any atom is 0.335 e. The van der Waals surface area contributed by atoms with Gasteiger partial charge in [-0.2, -0.15) is 0 Å². The molecule has 0 radical (unpaired) electrons. The fraction of sp³-hybridized carbons (Fsp3) is 0.400. The molecule has 0 aliphatic rings. The fourth-order valence-corrected chi connectivity index (χ4v) is 3.19. The van der Waals surface area contributed by atoms with Crippen LogP contribution in [0.25, 0.3) is 0 Å². The fourth-order valence-electron chi connectivity index (χ4n) is 2.06. The lowest BCUT2D eigenvalue weighted by atomic mass is 10.0. The lowest BCUT2D eigenvalue weighted by Gasteiger charge is -2.17. The van der Waals surface area contributed by atoms with E-state index in [4.69, 9.17) is 4.42 Å². The average Bonchev–Trinajstić information content (AvgIpc) is 2.95. The van der Waals surface area contributed by atoms with Crippen molar-refractivity contribution in [3.8, 4) is 0 Å². The van der Waals surface area contributed by atoms with Gasteiger partial charge >= 0.3 is 5.22 Å². The van der Waals surface area contributed by atoms with E-state index < -0.39 is 21.1 Å². The highest BCUT2D eigenvalue weighted by molar-refractivity contribution is 7.90. The first-order chi connectivity index (χ1) is 10.8. The number of carbonyl (C=O) groups excluding carboxylic acids is 1. The third-order valence-corrected chi connectivity index (χ3v) is 4.59. The molecule has 124 valence electrons. The topological polar surface area (TPSA) is 102 Å². The van der Waals surface area contributed by atoms with Crippen LogP contribution in [0.4, 0.5) is 0 Å². The molecule has 0 spiro atoms. The van der Waals surface area contributed by atoms with E-state index in [0.717, 1.165) is 0 Å². The molecule has 1 aromatic heterocycles. The van der Waals surface area contributed by atoms with Crippen LogP contribution in [-0.2, 0) is 20.4 Å². The van der Waals surface area contributed by atoms with Gasteiger partial charge in [0.05, 0.1) is 5.75 Å². The maximum absolute atomic E-state index is 12.3. The maximum atomic E-state index is 12.3. The van der Waals surface area contributed by atoms with Crippen molar-refractivity contribution in [2.75, 3.05) is 0 Å². The second-order valence-corrected chi connectivity index (χ2v) is 7.44. The molecule has 0 aliphatic heterocycles. The van der Waals surface area contributed by atoms with E-state index in [1.165, 1.54) is 6.92 Å². The first kappa shape index (κ1) is 17.1. The number of hydrogen-bond donors (Lipinski definition) is 1. The number of hydrogen-bond acceptors (Lipinski definition) is 6. The molecule has 0 aliphatic carbocycles. The second-order valence-electron chi connectivity index (χ2n) is 5.57. The summed E-state index contributed by atoms with van der Waals surface area (Å²) >= 11 is 0. The minimum atomic E-state index is -3.73. The summed E-state index contributed by atoms with van der Waals surface area (Å²) in [5, 5.41) is 9.67. The van der Waals surface area contributed by atoms with Crippen molar-refractivity contribution in [1.29, 1.82) is 0 Å². The number of benzene rings is 1. The Morgan fingerprint density at radius 2 is 1.87 bits per heavy atom. The van der Waals surface area contributed by atoms with Crippen LogP contribution >= 0.6 is 0 Å². The van der Waals surface area contributed by atoms with Gasteiger partial charge in [-0.05, 0) is 11.5 Å². The molecule has 0 fully saturated rings. The minimum Gasteiger partial charge on any atom is -0.410 e. The third-order valence-electron chi connectivity index (χ3n) is 3.18. The smallest absolute Gasteiger partial charge is 0.335 e. The van der Waals surface area contributed by atoms with E-state index in [0.29, 0.717) is 5.56 Å². The molecule has 2 rings (SSSR count). The van der Waals surface area contributed by atoms with Gasteiger partial charge in [-0.1, -0.05) is 49.3 Å².